The largest absolute Gasteiger partial charge is 0.355 e. The van der Waals surface area contributed by atoms with E-state index < -0.39 is 0 Å². The third-order valence-electron chi connectivity index (χ3n) is 2.48. The van der Waals surface area contributed by atoms with Crippen LogP contribution in [0.2, 0.25) is 0 Å². The number of nitrogens with one attached hydrogen (secondary N) is 1. The molecule has 0 unspecified atom stereocenters. The third-order valence-corrected chi connectivity index (χ3v) is 2.48. The minimum Gasteiger partial charge on any atom is -0.355 e. The van der Waals surface area contributed by atoms with Crippen molar-refractivity contribution < 1.29 is 1.37 Å². The van der Waals surface area contributed by atoms with Crippen LogP contribution in [0.1, 0.15) is 1.37 Å². The lowest BCUT2D eigenvalue weighted by atomic mass is 10.2. The molecule has 82 valence electrons. The van der Waals surface area contributed by atoms with Gasteiger partial charge in [-0.2, -0.15) is 0 Å². The van der Waals surface area contributed by atoms with Crippen molar-refractivity contribution >= 4 is 22.4 Å². The summed E-state index contributed by atoms with van der Waals surface area (Å²) in [6, 6.07) is 15.7. The van der Waals surface area contributed by atoms with Gasteiger partial charge < -0.3 is 5.32 Å². The molecule has 3 rings (SSSR count). The van der Waals surface area contributed by atoms with Crippen LogP contribution in [0.15, 0.2) is 60.9 Å². The van der Waals surface area contributed by atoms with Gasteiger partial charge in [-0.05, 0) is 30.3 Å². The van der Waals surface area contributed by atoms with Crippen molar-refractivity contribution in [3.8, 4) is 0 Å². The Morgan fingerprint density at radius 3 is 2.65 bits per heavy atom. The Labute approximate surface area is 101 Å². The van der Waals surface area contributed by atoms with Gasteiger partial charge in [0.05, 0.1) is 12.4 Å². The molecule has 0 spiro atoms. The van der Waals surface area contributed by atoms with E-state index in [-0.39, 0.29) is 6.17 Å². The van der Waals surface area contributed by atoms with Crippen molar-refractivity contribution in [2.75, 3.05) is 5.32 Å². The molecule has 1 heterocycles. The summed E-state index contributed by atoms with van der Waals surface area (Å²) in [5, 5.41) is 3.29. The quantitative estimate of drug-likeness (QED) is 0.722. The summed E-state index contributed by atoms with van der Waals surface area (Å²) in [6.07, 6.45) is 1.63. The molecule has 3 heteroatoms. The van der Waals surface area contributed by atoms with E-state index in [9.17, 15) is 0 Å². The SMILES string of the molecule is [2H]c1cnc2ccc(Nc3ccccc3)cc2n1. The maximum atomic E-state index is 7.47. The average Bonchev–Trinajstić information content (AvgIpc) is 2.39. The number of nitrogens with zero attached hydrogens (tertiary/aromatic N) is 2. The standard InChI is InChI=1S/C14H11N3/c1-2-4-11(5-3-1)17-12-6-7-13-14(10-12)16-9-8-15-13/h1-10,17H/i9D. The lowest BCUT2D eigenvalue weighted by Gasteiger charge is -2.06. The molecular formula is C14H11N3. The predicted octanol–water partition coefficient (Wildman–Crippen LogP) is 3.37. The molecule has 2 aromatic carbocycles. The van der Waals surface area contributed by atoms with Gasteiger partial charge >= 0.3 is 0 Å². The number of aromatic nitrogens is 2. The van der Waals surface area contributed by atoms with E-state index in [0.717, 1.165) is 22.4 Å². The number of para-hydroxylation sites is 1. The summed E-state index contributed by atoms with van der Waals surface area (Å²) >= 11 is 0. The van der Waals surface area contributed by atoms with Crippen molar-refractivity contribution in [3.63, 3.8) is 0 Å². The first-order chi connectivity index (χ1) is 8.81. The van der Waals surface area contributed by atoms with Gasteiger partial charge in [-0.1, -0.05) is 18.2 Å². The Kier molecular flexibility index (Phi) is 2.16. The number of hydrogen-bond donors (Lipinski definition) is 1. The fourth-order valence-electron chi connectivity index (χ4n) is 1.68. The molecule has 0 aliphatic heterocycles. The van der Waals surface area contributed by atoms with E-state index in [1.165, 1.54) is 6.20 Å². The van der Waals surface area contributed by atoms with E-state index in [4.69, 9.17) is 1.37 Å². The van der Waals surface area contributed by atoms with Gasteiger partial charge in [0.1, 0.15) is 0 Å². The molecular weight excluding hydrogens is 210 g/mol. The summed E-state index contributed by atoms with van der Waals surface area (Å²) < 4.78 is 7.47. The van der Waals surface area contributed by atoms with E-state index in [1.807, 2.05) is 48.5 Å². The maximum absolute atomic E-state index is 7.47. The van der Waals surface area contributed by atoms with Crippen LogP contribution in [-0.4, -0.2) is 9.97 Å². The highest BCUT2D eigenvalue weighted by molar-refractivity contribution is 5.79. The number of rotatable bonds is 2. The van der Waals surface area contributed by atoms with Crippen LogP contribution >= 0.6 is 0 Å². The monoisotopic (exact) mass is 222 g/mol. The molecule has 0 aliphatic carbocycles. The van der Waals surface area contributed by atoms with Crippen LogP contribution in [0, 0.1) is 0 Å². The average molecular weight is 222 g/mol. The highest BCUT2D eigenvalue weighted by Gasteiger charge is 1.98. The molecule has 0 amide bonds. The molecule has 0 radical (unpaired) electrons. The van der Waals surface area contributed by atoms with Gasteiger partial charge in [-0.25, -0.2) is 0 Å². The lowest BCUT2D eigenvalue weighted by Crippen LogP contribution is -1.90. The van der Waals surface area contributed by atoms with Gasteiger partial charge in [-0.15, -0.1) is 0 Å². The van der Waals surface area contributed by atoms with Gasteiger partial charge in [0.25, 0.3) is 0 Å². The molecule has 0 bridgehead atoms. The highest BCUT2D eigenvalue weighted by atomic mass is 14.9. The lowest BCUT2D eigenvalue weighted by molar-refractivity contribution is 1.29. The molecule has 3 aromatic rings. The second kappa shape index (κ2) is 4.22. The second-order valence-corrected chi connectivity index (χ2v) is 3.69. The zero-order valence-corrected chi connectivity index (χ0v) is 9.09. The Hall–Kier alpha value is -2.42. The van der Waals surface area contributed by atoms with Crippen LogP contribution in [0.25, 0.3) is 11.0 Å². The van der Waals surface area contributed by atoms with Crippen LogP contribution in [0.3, 0.4) is 0 Å². The summed E-state index contributed by atoms with van der Waals surface area (Å²) in [7, 11) is 0. The first-order valence-corrected chi connectivity index (χ1v) is 5.37. The number of fused-ring (bicyclic) bond motifs is 1. The molecule has 3 nitrogen and oxygen atoms in total. The Balaban J connectivity index is 1.98. The molecule has 1 aromatic heterocycles. The Morgan fingerprint density at radius 1 is 0.882 bits per heavy atom. The summed E-state index contributed by atoms with van der Waals surface area (Å²) in [6.45, 7) is 0. The molecule has 0 atom stereocenters. The molecule has 17 heavy (non-hydrogen) atoms. The normalized spacial score (nSPS) is 11.2. The van der Waals surface area contributed by atoms with E-state index >= 15 is 0 Å². The summed E-state index contributed by atoms with van der Waals surface area (Å²) in [5.41, 5.74) is 3.48. The zero-order valence-electron chi connectivity index (χ0n) is 10.1. The molecule has 1 N–H and O–H groups in total. The molecule has 0 fully saturated rings. The van der Waals surface area contributed by atoms with Crippen molar-refractivity contribution in [2.24, 2.45) is 0 Å². The Bertz CT molecular complexity index is 683. The third kappa shape index (κ3) is 2.08. The smallest absolute Gasteiger partial charge is 0.0907 e. The molecule has 0 saturated carbocycles. The number of anilines is 2. The van der Waals surface area contributed by atoms with Gasteiger partial charge in [-0.3, -0.25) is 9.97 Å². The van der Waals surface area contributed by atoms with Crippen molar-refractivity contribution in [1.29, 1.82) is 0 Å². The minimum absolute atomic E-state index is 0.180. The second-order valence-electron chi connectivity index (χ2n) is 3.69. The van der Waals surface area contributed by atoms with Crippen LogP contribution in [0.5, 0.6) is 0 Å². The van der Waals surface area contributed by atoms with Crippen LogP contribution < -0.4 is 5.32 Å². The predicted molar refractivity (Wildman–Crippen MR) is 69.3 cm³/mol. The van der Waals surface area contributed by atoms with Gasteiger partial charge in [0.15, 0.2) is 0 Å². The maximum Gasteiger partial charge on any atom is 0.0907 e. The van der Waals surface area contributed by atoms with Crippen LogP contribution in [-0.2, 0) is 0 Å². The van der Waals surface area contributed by atoms with Crippen molar-refractivity contribution in [3.05, 3.63) is 60.9 Å². The first-order valence-electron chi connectivity index (χ1n) is 5.87. The zero-order chi connectivity index (χ0) is 12.4. The fourth-order valence-corrected chi connectivity index (χ4v) is 1.68. The van der Waals surface area contributed by atoms with E-state index in [1.54, 1.807) is 0 Å². The number of benzene rings is 2. The topological polar surface area (TPSA) is 37.8 Å². The summed E-state index contributed by atoms with van der Waals surface area (Å²) in [4.78, 5) is 8.29. The fraction of sp³-hybridized carbons (Fsp3) is 0. The Morgan fingerprint density at radius 2 is 1.76 bits per heavy atom. The number of hydrogen-bond acceptors (Lipinski definition) is 3. The molecule has 0 saturated heterocycles. The van der Waals surface area contributed by atoms with Crippen molar-refractivity contribution in [1.82, 2.24) is 9.97 Å². The van der Waals surface area contributed by atoms with E-state index in [0.29, 0.717) is 0 Å². The van der Waals surface area contributed by atoms with Crippen LogP contribution in [0.4, 0.5) is 11.4 Å². The molecule has 0 aliphatic rings. The highest BCUT2D eigenvalue weighted by Crippen LogP contribution is 2.19. The van der Waals surface area contributed by atoms with Gasteiger partial charge in [0, 0.05) is 23.7 Å². The van der Waals surface area contributed by atoms with Crippen molar-refractivity contribution in [2.45, 2.75) is 0 Å². The summed E-state index contributed by atoms with van der Waals surface area (Å²) in [5.74, 6) is 0. The van der Waals surface area contributed by atoms with Gasteiger partial charge in [0.2, 0.25) is 0 Å². The minimum atomic E-state index is 0.180. The van der Waals surface area contributed by atoms with E-state index in [2.05, 4.69) is 15.3 Å². The first kappa shape index (κ1) is 8.70.